The van der Waals surface area contributed by atoms with E-state index in [4.69, 9.17) is 14.2 Å². The monoisotopic (exact) mass is 572 g/mol. The molecular formula is C31H56O7S. The van der Waals surface area contributed by atoms with Gasteiger partial charge >= 0.3 is 11.9 Å². The fraction of sp³-hybridized carbons (Fsp3) is 0.903. The summed E-state index contributed by atoms with van der Waals surface area (Å²) in [7, 11) is 0. The van der Waals surface area contributed by atoms with Crippen LogP contribution in [0.25, 0.3) is 0 Å². The molecule has 1 rings (SSSR count). The van der Waals surface area contributed by atoms with Gasteiger partial charge in [0.2, 0.25) is 0 Å². The zero-order valence-corrected chi connectivity index (χ0v) is 27.1. The normalized spacial score (nSPS) is 28.5. The molecule has 0 aromatic rings. The predicted molar refractivity (Wildman–Crippen MR) is 158 cm³/mol. The molecule has 1 saturated heterocycles. The third kappa shape index (κ3) is 13.4. The van der Waals surface area contributed by atoms with Gasteiger partial charge < -0.3 is 19.3 Å². The van der Waals surface area contributed by atoms with Crippen molar-refractivity contribution in [3.63, 3.8) is 0 Å². The Hall–Kier alpha value is -1.12. The second kappa shape index (κ2) is 15.8. The lowest BCUT2D eigenvalue weighted by molar-refractivity contribution is -0.158. The van der Waals surface area contributed by atoms with E-state index in [1.165, 1.54) is 11.8 Å². The van der Waals surface area contributed by atoms with Crippen molar-refractivity contribution in [3.05, 3.63) is 0 Å². The van der Waals surface area contributed by atoms with Gasteiger partial charge in [-0.25, -0.2) is 0 Å². The van der Waals surface area contributed by atoms with Gasteiger partial charge in [-0.05, 0) is 58.3 Å². The second-order valence-electron chi connectivity index (χ2n) is 13.7. The van der Waals surface area contributed by atoms with Crippen molar-refractivity contribution >= 4 is 29.5 Å². The Morgan fingerprint density at radius 1 is 1.05 bits per heavy atom. The topological polar surface area (TPSA) is 99.1 Å². The molecule has 1 N–H and O–H groups in total. The maximum absolute atomic E-state index is 13.7. The molecule has 0 saturated carbocycles. The molecule has 4 unspecified atom stereocenters. The van der Waals surface area contributed by atoms with Crippen LogP contribution in [0.5, 0.6) is 0 Å². The fourth-order valence-corrected chi connectivity index (χ4v) is 5.72. The molecule has 39 heavy (non-hydrogen) atoms. The van der Waals surface area contributed by atoms with Gasteiger partial charge in [-0.2, -0.15) is 0 Å². The predicted octanol–water partition coefficient (Wildman–Crippen LogP) is 6.38. The van der Waals surface area contributed by atoms with Gasteiger partial charge in [0.05, 0.1) is 41.8 Å². The Morgan fingerprint density at radius 3 is 2.28 bits per heavy atom. The van der Waals surface area contributed by atoms with Crippen LogP contribution >= 0.6 is 11.8 Å². The van der Waals surface area contributed by atoms with Crippen molar-refractivity contribution in [2.75, 3.05) is 19.0 Å². The number of cyclic esters (lactones) is 1. The van der Waals surface area contributed by atoms with Crippen molar-refractivity contribution < 1.29 is 33.7 Å². The number of aliphatic hydroxyl groups excluding tert-OH is 1. The highest BCUT2D eigenvalue weighted by molar-refractivity contribution is 8.01. The molecule has 0 aromatic carbocycles. The molecule has 0 amide bonds. The summed E-state index contributed by atoms with van der Waals surface area (Å²) in [6.07, 6.45) is 3.29. The Kier molecular flexibility index (Phi) is 14.5. The first-order valence-corrected chi connectivity index (χ1v) is 15.7. The number of rotatable bonds is 7. The number of carbonyl (C=O) groups excluding carboxylic acids is 3. The summed E-state index contributed by atoms with van der Waals surface area (Å²) < 4.78 is 17.0. The van der Waals surface area contributed by atoms with Crippen LogP contribution in [0.1, 0.15) is 114 Å². The molecule has 1 aliphatic heterocycles. The number of Topliss-reactive ketones (excluding diaryl/α,β-unsaturated/α-hetero) is 1. The first kappa shape index (κ1) is 35.9. The van der Waals surface area contributed by atoms with E-state index < -0.39 is 29.5 Å². The highest BCUT2D eigenvalue weighted by atomic mass is 32.2. The van der Waals surface area contributed by atoms with Crippen molar-refractivity contribution in [2.24, 2.45) is 23.2 Å². The molecule has 1 aliphatic rings. The summed E-state index contributed by atoms with van der Waals surface area (Å²) in [5.41, 5.74) is -1.40. The summed E-state index contributed by atoms with van der Waals surface area (Å²) in [5, 5.41) is 10.8. The van der Waals surface area contributed by atoms with Crippen LogP contribution in [-0.2, 0) is 28.6 Å². The van der Waals surface area contributed by atoms with Crippen LogP contribution in [0.3, 0.4) is 0 Å². The van der Waals surface area contributed by atoms with Crippen molar-refractivity contribution in [3.8, 4) is 0 Å². The van der Waals surface area contributed by atoms with Gasteiger partial charge in [-0.15, -0.1) is 11.8 Å². The first-order chi connectivity index (χ1) is 17.9. The molecule has 8 heteroatoms. The maximum atomic E-state index is 13.7. The van der Waals surface area contributed by atoms with E-state index in [-0.39, 0.29) is 40.2 Å². The molecule has 0 spiro atoms. The van der Waals surface area contributed by atoms with Gasteiger partial charge in [0.15, 0.2) is 0 Å². The molecule has 1 heterocycles. The van der Waals surface area contributed by atoms with Gasteiger partial charge in [0, 0.05) is 11.4 Å². The molecular weight excluding hydrogens is 516 g/mol. The van der Waals surface area contributed by atoms with Crippen LogP contribution < -0.4 is 0 Å². The third-order valence-electron chi connectivity index (χ3n) is 7.84. The quantitative estimate of drug-likeness (QED) is 0.351. The van der Waals surface area contributed by atoms with Crippen molar-refractivity contribution in [1.82, 2.24) is 0 Å². The number of hydrogen-bond acceptors (Lipinski definition) is 8. The van der Waals surface area contributed by atoms with E-state index in [1.807, 2.05) is 27.7 Å². The Balaban J connectivity index is 3.00. The lowest BCUT2D eigenvalue weighted by atomic mass is 9.73. The lowest BCUT2D eigenvalue weighted by Gasteiger charge is -2.36. The number of carbonyl (C=O) groups is 3. The van der Waals surface area contributed by atoms with E-state index in [0.29, 0.717) is 19.1 Å². The number of aliphatic hydroxyl groups is 1. The Bertz CT molecular complexity index is 786. The SMILES string of the molecule is CC1CCCOC(=O)CC(O)C(C)(C)C(=O)C(C)[C@@H](OC(=O)CSC(C)(C)CCOC(C)(C)C)C(C)CCC1. The third-order valence-corrected chi connectivity index (χ3v) is 9.21. The summed E-state index contributed by atoms with van der Waals surface area (Å²) in [6, 6.07) is 0. The summed E-state index contributed by atoms with van der Waals surface area (Å²) in [6.45, 7) is 20.5. The van der Waals surface area contributed by atoms with E-state index in [9.17, 15) is 19.5 Å². The van der Waals surface area contributed by atoms with E-state index >= 15 is 0 Å². The number of esters is 2. The van der Waals surface area contributed by atoms with Crippen LogP contribution in [0, 0.1) is 23.2 Å². The van der Waals surface area contributed by atoms with Gasteiger partial charge in [0.1, 0.15) is 11.9 Å². The van der Waals surface area contributed by atoms with Crippen molar-refractivity contribution in [2.45, 2.75) is 137 Å². The molecule has 5 atom stereocenters. The van der Waals surface area contributed by atoms with Crippen LogP contribution in [0.4, 0.5) is 0 Å². The Morgan fingerprint density at radius 2 is 1.67 bits per heavy atom. The van der Waals surface area contributed by atoms with Crippen LogP contribution in [0.2, 0.25) is 0 Å². The highest BCUT2D eigenvalue weighted by Crippen LogP contribution is 2.34. The summed E-state index contributed by atoms with van der Waals surface area (Å²) >= 11 is 1.53. The Labute approximate surface area is 241 Å². The zero-order valence-electron chi connectivity index (χ0n) is 26.3. The summed E-state index contributed by atoms with van der Waals surface area (Å²) in [5.74, 6) is -1.06. The lowest BCUT2D eigenvalue weighted by Crippen LogP contribution is -2.47. The minimum absolute atomic E-state index is 0.0240. The molecule has 0 bridgehead atoms. The number of ether oxygens (including phenoxy) is 3. The second-order valence-corrected chi connectivity index (χ2v) is 15.4. The summed E-state index contributed by atoms with van der Waals surface area (Å²) in [4.78, 5) is 39.0. The van der Waals surface area contributed by atoms with Gasteiger partial charge in [-0.3, -0.25) is 14.4 Å². The van der Waals surface area contributed by atoms with Crippen LogP contribution in [-0.4, -0.2) is 64.4 Å². The molecule has 7 nitrogen and oxygen atoms in total. The van der Waals surface area contributed by atoms with Gasteiger partial charge in [-0.1, -0.05) is 61.3 Å². The van der Waals surface area contributed by atoms with Crippen molar-refractivity contribution in [1.29, 1.82) is 0 Å². The largest absolute Gasteiger partial charge is 0.466 e. The highest BCUT2D eigenvalue weighted by Gasteiger charge is 2.43. The van der Waals surface area contributed by atoms with Gasteiger partial charge in [0.25, 0.3) is 0 Å². The zero-order chi connectivity index (χ0) is 30.0. The minimum atomic E-state index is -1.20. The maximum Gasteiger partial charge on any atom is 0.316 e. The average Bonchev–Trinajstić information content (AvgIpc) is 2.81. The number of ketones is 1. The van der Waals surface area contributed by atoms with Crippen LogP contribution in [0.15, 0.2) is 0 Å². The fourth-order valence-electron chi connectivity index (χ4n) is 4.91. The minimum Gasteiger partial charge on any atom is -0.466 e. The average molecular weight is 573 g/mol. The molecule has 0 aliphatic carbocycles. The smallest absolute Gasteiger partial charge is 0.316 e. The first-order valence-electron chi connectivity index (χ1n) is 14.7. The van der Waals surface area contributed by atoms with E-state index in [1.54, 1.807) is 20.8 Å². The van der Waals surface area contributed by atoms with E-state index in [2.05, 4.69) is 20.8 Å². The molecule has 228 valence electrons. The number of thioether (sulfide) groups is 1. The molecule has 1 fully saturated rings. The molecule has 0 aromatic heterocycles. The standard InChI is InChI=1S/C31H56O7S/c1-21-13-11-15-22(2)27(38-26(34)20-39-30(7,8)16-18-37-29(4,5)6)23(3)28(35)31(9,10)24(32)19-25(33)36-17-12-14-21/h21-24,27,32H,11-20H2,1-10H3/t21?,22?,23?,24?,27-/m0/s1. The number of hydrogen-bond donors (Lipinski definition) is 1. The van der Waals surface area contributed by atoms with E-state index in [0.717, 1.165) is 38.5 Å². The molecule has 0 radical (unpaired) electrons.